The lowest BCUT2D eigenvalue weighted by Crippen LogP contribution is -2.42. The van der Waals surface area contributed by atoms with Crippen LogP contribution < -0.4 is 14.4 Å². The molecule has 2 rings (SSSR count). The summed E-state index contributed by atoms with van der Waals surface area (Å²) in [5.41, 5.74) is 0.467. The number of benzene rings is 1. The minimum Gasteiger partial charge on any atom is -0.497 e. The molecule has 0 aromatic heterocycles. The zero-order valence-corrected chi connectivity index (χ0v) is 14.0. The maximum absolute atomic E-state index is 12.3. The summed E-state index contributed by atoms with van der Waals surface area (Å²) in [5, 5.41) is 0. The molecule has 1 heterocycles. The minimum atomic E-state index is -3.13. The van der Waals surface area contributed by atoms with E-state index in [2.05, 4.69) is 0 Å². The maximum atomic E-state index is 12.3. The maximum Gasteiger partial charge on any atom is 0.242 e. The molecule has 1 aromatic carbocycles. The molecule has 1 aliphatic heterocycles. The standard InChI is InChI=1S/C14H18ClNO5S/c1-20-11-3-4-13(21-2)12(7-11)16(14(17)8-15)10-5-6-22(18,19)9-10/h3-4,7,10H,5-6,8-9H2,1-2H3/t10-/m0/s1. The Kier molecular flexibility index (Phi) is 5.18. The summed E-state index contributed by atoms with van der Waals surface area (Å²) >= 11 is 5.70. The van der Waals surface area contributed by atoms with E-state index in [0.29, 0.717) is 23.6 Å². The van der Waals surface area contributed by atoms with Crippen LogP contribution in [0.5, 0.6) is 11.5 Å². The Bertz CT molecular complexity index is 661. The second-order valence-corrected chi connectivity index (χ2v) is 7.49. The van der Waals surface area contributed by atoms with Crippen LogP contribution in [-0.4, -0.2) is 52.0 Å². The molecule has 1 fully saturated rings. The molecule has 0 spiro atoms. The van der Waals surface area contributed by atoms with Gasteiger partial charge in [0.2, 0.25) is 5.91 Å². The van der Waals surface area contributed by atoms with Crippen molar-refractivity contribution in [1.82, 2.24) is 0 Å². The molecule has 0 saturated carbocycles. The first-order valence-corrected chi connectivity index (χ1v) is 9.08. The predicted molar refractivity (Wildman–Crippen MR) is 84.8 cm³/mol. The number of hydrogen-bond acceptors (Lipinski definition) is 5. The third-order valence-electron chi connectivity index (χ3n) is 3.60. The van der Waals surface area contributed by atoms with E-state index in [-0.39, 0.29) is 23.3 Å². The number of carbonyl (C=O) groups is 1. The zero-order valence-electron chi connectivity index (χ0n) is 12.4. The Hall–Kier alpha value is -1.47. The topological polar surface area (TPSA) is 72.9 Å². The van der Waals surface area contributed by atoms with E-state index < -0.39 is 15.9 Å². The molecule has 1 aromatic rings. The van der Waals surface area contributed by atoms with Gasteiger partial charge < -0.3 is 14.4 Å². The average Bonchev–Trinajstić information content (AvgIpc) is 2.86. The number of rotatable bonds is 5. The van der Waals surface area contributed by atoms with Crippen molar-refractivity contribution in [1.29, 1.82) is 0 Å². The van der Waals surface area contributed by atoms with Crippen LogP contribution in [0.1, 0.15) is 6.42 Å². The third-order valence-corrected chi connectivity index (χ3v) is 5.58. The number of amides is 1. The summed E-state index contributed by atoms with van der Waals surface area (Å²) in [7, 11) is -0.135. The van der Waals surface area contributed by atoms with Crippen molar-refractivity contribution in [2.24, 2.45) is 0 Å². The molecule has 0 aliphatic carbocycles. The average molecular weight is 348 g/mol. The van der Waals surface area contributed by atoms with E-state index in [1.807, 2.05) is 0 Å². The second kappa shape index (κ2) is 6.75. The molecular formula is C14H18ClNO5S. The first kappa shape index (κ1) is 16.9. The lowest BCUT2D eigenvalue weighted by molar-refractivity contribution is -0.116. The van der Waals surface area contributed by atoms with Crippen LogP contribution >= 0.6 is 11.6 Å². The van der Waals surface area contributed by atoms with Gasteiger partial charge >= 0.3 is 0 Å². The Labute approximate surface area is 134 Å². The Balaban J connectivity index is 2.48. The molecule has 0 bridgehead atoms. The molecule has 122 valence electrons. The number of sulfone groups is 1. The molecular weight excluding hydrogens is 330 g/mol. The summed E-state index contributed by atoms with van der Waals surface area (Å²) in [6.45, 7) is 0. The van der Waals surface area contributed by atoms with Crippen LogP contribution in [0.15, 0.2) is 18.2 Å². The van der Waals surface area contributed by atoms with Gasteiger partial charge in [0.25, 0.3) is 0 Å². The molecule has 1 saturated heterocycles. The van der Waals surface area contributed by atoms with Gasteiger partial charge in [-0.3, -0.25) is 4.79 Å². The fraction of sp³-hybridized carbons (Fsp3) is 0.500. The van der Waals surface area contributed by atoms with Crippen molar-refractivity contribution in [3.8, 4) is 11.5 Å². The lowest BCUT2D eigenvalue weighted by atomic mass is 10.1. The van der Waals surface area contributed by atoms with Crippen molar-refractivity contribution in [2.75, 3.05) is 36.5 Å². The number of hydrogen-bond donors (Lipinski definition) is 0. The predicted octanol–water partition coefficient (Wildman–Crippen LogP) is 1.46. The number of carbonyl (C=O) groups excluding carboxylic acids is 1. The van der Waals surface area contributed by atoms with Gasteiger partial charge in [0.05, 0.1) is 37.5 Å². The molecule has 0 N–H and O–H groups in total. The molecule has 6 nitrogen and oxygen atoms in total. The van der Waals surface area contributed by atoms with E-state index >= 15 is 0 Å². The van der Waals surface area contributed by atoms with Gasteiger partial charge in [0, 0.05) is 6.07 Å². The molecule has 22 heavy (non-hydrogen) atoms. The van der Waals surface area contributed by atoms with Crippen LogP contribution in [-0.2, 0) is 14.6 Å². The summed E-state index contributed by atoms with van der Waals surface area (Å²) in [4.78, 5) is 13.7. The normalized spacial score (nSPS) is 19.7. The van der Waals surface area contributed by atoms with Gasteiger partial charge in [-0.15, -0.1) is 11.6 Å². The van der Waals surface area contributed by atoms with Gasteiger partial charge in [0.1, 0.15) is 17.4 Å². The van der Waals surface area contributed by atoms with Gasteiger partial charge in [-0.25, -0.2) is 8.42 Å². The second-order valence-electron chi connectivity index (χ2n) is 4.99. The van der Waals surface area contributed by atoms with Crippen molar-refractivity contribution < 1.29 is 22.7 Å². The van der Waals surface area contributed by atoms with Gasteiger partial charge in [-0.2, -0.15) is 0 Å². The summed E-state index contributed by atoms with van der Waals surface area (Å²) < 4.78 is 33.9. The highest BCUT2D eigenvalue weighted by Crippen LogP contribution is 2.35. The highest BCUT2D eigenvalue weighted by Gasteiger charge is 2.36. The first-order valence-electron chi connectivity index (χ1n) is 6.72. The molecule has 1 aliphatic rings. The minimum absolute atomic E-state index is 0.0655. The molecule has 8 heteroatoms. The number of anilines is 1. The first-order chi connectivity index (χ1) is 10.4. The number of nitrogens with zero attached hydrogens (tertiary/aromatic N) is 1. The number of halogens is 1. The molecule has 0 unspecified atom stereocenters. The zero-order chi connectivity index (χ0) is 16.3. The number of alkyl halides is 1. The Morgan fingerprint density at radius 3 is 2.59 bits per heavy atom. The highest BCUT2D eigenvalue weighted by atomic mass is 35.5. The summed E-state index contributed by atoms with van der Waals surface area (Å²) in [6, 6.07) is 4.58. The van der Waals surface area contributed by atoms with E-state index in [0.717, 1.165) is 0 Å². The van der Waals surface area contributed by atoms with Crippen molar-refractivity contribution >= 4 is 33.0 Å². The van der Waals surface area contributed by atoms with Gasteiger partial charge in [-0.1, -0.05) is 0 Å². The lowest BCUT2D eigenvalue weighted by Gasteiger charge is -2.29. The summed E-state index contributed by atoms with van der Waals surface area (Å²) in [6.07, 6.45) is 0.380. The van der Waals surface area contributed by atoms with Crippen LogP contribution in [0.25, 0.3) is 0 Å². The Morgan fingerprint density at radius 2 is 2.09 bits per heavy atom. The van der Waals surface area contributed by atoms with Crippen LogP contribution in [0, 0.1) is 0 Å². The van der Waals surface area contributed by atoms with E-state index in [1.165, 1.54) is 19.1 Å². The molecule has 1 amide bonds. The fourth-order valence-electron chi connectivity index (χ4n) is 2.56. The van der Waals surface area contributed by atoms with Crippen LogP contribution in [0.2, 0.25) is 0 Å². The smallest absolute Gasteiger partial charge is 0.242 e. The highest BCUT2D eigenvalue weighted by molar-refractivity contribution is 7.91. The van der Waals surface area contributed by atoms with Crippen LogP contribution in [0.3, 0.4) is 0 Å². The Morgan fingerprint density at radius 1 is 1.36 bits per heavy atom. The van der Waals surface area contributed by atoms with Crippen LogP contribution in [0.4, 0.5) is 5.69 Å². The fourth-order valence-corrected chi connectivity index (χ4v) is 4.39. The largest absolute Gasteiger partial charge is 0.497 e. The van der Waals surface area contributed by atoms with E-state index in [1.54, 1.807) is 18.2 Å². The molecule has 1 atom stereocenters. The molecule has 0 radical (unpaired) electrons. The van der Waals surface area contributed by atoms with Gasteiger partial charge in [-0.05, 0) is 18.6 Å². The van der Waals surface area contributed by atoms with Gasteiger partial charge in [0.15, 0.2) is 9.84 Å². The van der Waals surface area contributed by atoms with E-state index in [4.69, 9.17) is 21.1 Å². The quantitative estimate of drug-likeness (QED) is 0.754. The number of methoxy groups -OCH3 is 2. The SMILES string of the molecule is COc1ccc(OC)c(N(C(=O)CCl)[C@H]2CCS(=O)(=O)C2)c1. The third kappa shape index (κ3) is 3.47. The van der Waals surface area contributed by atoms with E-state index in [9.17, 15) is 13.2 Å². The van der Waals surface area contributed by atoms with Crippen molar-refractivity contribution in [2.45, 2.75) is 12.5 Å². The summed E-state index contributed by atoms with van der Waals surface area (Å²) in [5.74, 6) is 0.394. The van der Waals surface area contributed by atoms with Crippen molar-refractivity contribution in [3.63, 3.8) is 0 Å². The monoisotopic (exact) mass is 347 g/mol. The van der Waals surface area contributed by atoms with Crippen molar-refractivity contribution in [3.05, 3.63) is 18.2 Å². The number of ether oxygens (including phenoxy) is 2.